The van der Waals surface area contributed by atoms with Gasteiger partial charge in [0.25, 0.3) is 0 Å². The van der Waals surface area contributed by atoms with Crippen molar-refractivity contribution in [1.29, 1.82) is 0 Å². The van der Waals surface area contributed by atoms with Crippen molar-refractivity contribution >= 4 is 37.8 Å². The summed E-state index contributed by atoms with van der Waals surface area (Å²) in [6, 6.07) is 6.26. The minimum absolute atomic E-state index is 0.181. The van der Waals surface area contributed by atoms with Gasteiger partial charge in [0.05, 0.1) is 0 Å². The van der Waals surface area contributed by atoms with Crippen molar-refractivity contribution in [2.75, 3.05) is 26.1 Å². The molecule has 1 N–H and O–H groups in total. The summed E-state index contributed by atoms with van der Waals surface area (Å²) in [5.74, 6) is 3.61. The number of methoxy groups -OCH3 is 1. The number of esters is 1. The third-order valence-electron chi connectivity index (χ3n) is 8.14. The summed E-state index contributed by atoms with van der Waals surface area (Å²) < 4.78 is 13.3. The average molecular weight is 541 g/mol. The Morgan fingerprint density at radius 3 is 2.35 bits per heavy atom. The van der Waals surface area contributed by atoms with Crippen molar-refractivity contribution in [2.24, 2.45) is 23.2 Å². The van der Waals surface area contributed by atoms with E-state index in [2.05, 4.69) is 30.4 Å². The molecule has 3 saturated heterocycles. The van der Waals surface area contributed by atoms with Crippen LogP contribution in [0, 0.1) is 30.1 Å². The molecule has 1 aromatic carbocycles. The molecule has 3 saturated carbocycles. The fourth-order valence-electron chi connectivity index (χ4n) is 7.26. The summed E-state index contributed by atoms with van der Waals surface area (Å²) in [4.78, 5) is 21.0. The van der Waals surface area contributed by atoms with E-state index in [-0.39, 0.29) is 9.39 Å². The molecule has 3 aliphatic heterocycles. The van der Waals surface area contributed by atoms with Crippen LogP contribution in [0.15, 0.2) is 18.2 Å². The molecule has 3 aliphatic carbocycles. The van der Waals surface area contributed by atoms with Gasteiger partial charge in [-0.05, 0) is 6.92 Å². The number of anilines is 1. The van der Waals surface area contributed by atoms with Crippen LogP contribution in [0.2, 0.25) is 0 Å². The summed E-state index contributed by atoms with van der Waals surface area (Å²) >= 11 is -0.962. The number of unbranched alkanes of at least 4 members (excludes halogenated alkanes) is 1. The van der Waals surface area contributed by atoms with Gasteiger partial charge in [-0.25, -0.2) is 0 Å². The first-order valence-electron chi connectivity index (χ1n) is 11.6. The summed E-state index contributed by atoms with van der Waals surface area (Å²) in [5.41, 5.74) is 3.11. The van der Waals surface area contributed by atoms with Crippen LogP contribution < -0.4 is 10.1 Å². The third-order valence-corrected chi connectivity index (χ3v) is 18.8. The van der Waals surface area contributed by atoms with Gasteiger partial charge in [0.15, 0.2) is 0 Å². The van der Waals surface area contributed by atoms with Gasteiger partial charge in [-0.3, -0.25) is 0 Å². The number of hydrogen-bond acceptors (Lipinski definition) is 5. The van der Waals surface area contributed by atoms with Crippen LogP contribution >= 0.6 is 19.8 Å². The van der Waals surface area contributed by atoms with Crippen LogP contribution in [0.1, 0.15) is 45.6 Å². The first-order chi connectivity index (χ1) is 15.0. The molecular formula is C25H36INO4. The van der Waals surface area contributed by atoms with Gasteiger partial charge < -0.3 is 4.79 Å². The summed E-state index contributed by atoms with van der Waals surface area (Å²) in [5, 5.41) is 3.21. The van der Waals surface area contributed by atoms with E-state index in [0.717, 1.165) is 61.8 Å². The Hall–Kier alpha value is -1.31. The molecule has 6 aliphatic rings. The molecule has 31 heavy (non-hydrogen) atoms. The van der Waals surface area contributed by atoms with Crippen molar-refractivity contribution in [3.63, 3.8) is 0 Å². The van der Waals surface area contributed by atoms with Gasteiger partial charge in [0.2, 0.25) is 0 Å². The zero-order chi connectivity index (χ0) is 22.6. The molecule has 0 amide bonds. The van der Waals surface area contributed by atoms with Gasteiger partial charge in [-0.15, -0.1) is 0 Å². The predicted molar refractivity (Wildman–Crippen MR) is 132 cm³/mol. The number of ether oxygens (including phenoxy) is 2. The number of alkyl halides is 3. The summed E-state index contributed by atoms with van der Waals surface area (Å²) in [7, 11) is 3.54. The topological polar surface area (TPSA) is 64.6 Å². The van der Waals surface area contributed by atoms with Crippen molar-refractivity contribution < 1.29 is 19.1 Å². The average Bonchev–Trinajstić information content (AvgIpc) is 2.81. The first kappa shape index (κ1) is 22.9. The van der Waals surface area contributed by atoms with Gasteiger partial charge >= 0.3 is 162 Å². The van der Waals surface area contributed by atoms with E-state index in [0.29, 0.717) is 0 Å². The monoisotopic (exact) mass is 541 g/mol. The number of aryl methyl sites for hydroxylation is 1. The Morgan fingerprint density at radius 1 is 1.19 bits per heavy atom. The number of rotatable bonds is 8. The van der Waals surface area contributed by atoms with Crippen LogP contribution in [-0.4, -0.2) is 44.3 Å². The molecule has 0 bridgehead atoms. The fourth-order valence-corrected chi connectivity index (χ4v) is 20.8. The van der Waals surface area contributed by atoms with E-state index in [1.165, 1.54) is 25.3 Å². The van der Waals surface area contributed by atoms with Crippen LogP contribution in [0.4, 0.5) is 5.69 Å². The molecule has 7 rings (SSSR count). The van der Waals surface area contributed by atoms with E-state index in [4.69, 9.17) is 14.3 Å². The van der Waals surface area contributed by atoms with E-state index < -0.39 is 19.8 Å². The van der Waals surface area contributed by atoms with Crippen LogP contribution in [0.3, 0.4) is 0 Å². The van der Waals surface area contributed by atoms with Crippen molar-refractivity contribution in [2.45, 2.75) is 58.2 Å². The summed E-state index contributed by atoms with van der Waals surface area (Å²) in [6.45, 7) is 8.36. The quantitative estimate of drug-likeness (QED) is 0.167. The van der Waals surface area contributed by atoms with Crippen molar-refractivity contribution in [3.05, 3.63) is 23.8 Å². The maximum absolute atomic E-state index is 12.2. The van der Waals surface area contributed by atoms with Crippen molar-refractivity contribution in [1.82, 2.24) is 0 Å². The Bertz CT molecular complexity index is 816. The van der Waals surface area contributed by atoms with Gasteiger partial charge in [0.1, 0.15) is 6.29 Å². The molecule has 6 heteroatoms. The normalized spacial score (nSPS) is 38.5. The Balaban J connectivity index is 0.000000429. The second-order valence-corrected chi connectivity index (χ2v) is 15.3. The maximum atomic E-state index is 12.2. The molecule has 6 fully saturated rings. The van der Waals surface area contributed by atoms with E-state index in [1.54, 1.807) is 7.11 Å². The van der Waals surface area contributed by atoms with E-state index >= 15 is 0 Å². The van der Waals surface area contributed by atoms with Crippen molar-refractivity contribution in [3.8, 4) is 5.75 Å². The molecule has 4 atom stereocenters. The number of carbonyl (C=O) groups is 2. The van der Waals surface area contributed by atoms with Gasteiger partial charge in [-0.1, -0.05) is 13.8 Å². The SMILES string of the molecule is CC.CC=O.CNc1cc(OCCCCC23C4C5C2I2C3C4C52C(=O)OC)ccc1C. The second-order valence-electron chi connectivity index (χ2n) is 8.87. The Kier molecular flexibility index (Phi) is 6.07. The predicted octanol–water partition coefficient (Wildman–Crippen LogP) is 4.88. The third kappa shape index (κ3) is 2.48. The van der Waals surface area contributed by atoms with Gasteiger partial charge in [0, 0.05) is 0 Å². The Labute approximate surface area is 193 Å². The molecule has 3 heterocycles. The molecule has 0 aromatic heterocycles. The second kappa shape index (κ2) is 8.23. The van der Waals surface area contributed by atoms with Crippen LogP contribution in [0.5, 0.6) is 5.75 Å². The number of halogens is 1. The molecular weight excluding hydrogens is 505 g/mol. The number of nitrogens with one attached hydrogen (secondary N) is 1. The molecule has 0 spiro atoms. The molecule has 5 nitrogen and oxygen atoms in total. The molecule has 0 radical (unpaired) electrons. The van der Waals surface area contributed by atoms with E-state index in [9.17, 15) is 4.79 Å². The standard InChI is InChI=1S/C21H26INO3.C2H4O.C2H6/c1-11-6-7-12(10-13(11)23-2)26-9-5-4-8-20-14-15-17(20)22-18(20)16(14)21(15,22)19(24)25-3;1-2-3;1-2/h6-7,10,14-18,23H,4-5,8-9H2,1-3H3;2H,1H3;1-2H3. The minimum atomic E-state index is -0.962. The zero-order valence-corrected chi connectivity index (χ0v) is 21.7. The zero-order valence-electron chi connectivity index (χ0n) is 19.5. The number of benzene rings is 1. The Morgan fingerprint density at radius 2 is 1.84 bits per heavy atom. The number of carbonyl (C=O) groups excluding carboxylic acids is 2. The summed E-state index contributed by atoms with van der Waals surface area (Å²) in [6.07, 6.45) is 4.56. The van der Waals surface area contributed by atoms with Crippen LogP contribution in [0.25, 0.3) is 0 Å². The molecule has 4 unspecified atom stereocenters. The van der Waals surface area contributed by atoms with Gasteiger partial charge in [-0.2, -0.15) is 0 Å². The van der Waals surface area contributed by atoms with Crippen LogP contribution in [-0.2, 0) is 14.3 Å². The number of aldehydes is 1. The number of hydrogen-bond donors (Lipinski definition) is 1. The molecule has 172 valence electrons. The first-order valence-corrected chi connectivity index (χ1v) is 15.2. The molecule has 1 aromatic rings. The van der Waals surface area contributed by atoms with E-state index in [1.807, 2.05) is 20.9 Å². The fraction of sp³-hybridized carbons (Fsp3) is 0.680.